The van der Waals surface area contributed by atoms with Crippen molar-refractivity contribution in [2.45, 2.75) is 0 Å². The van der Waals surface area contributed by atoms with E-state index in [1.165, 1.54) is 12.5 Å². The van der Waals surface area contributed by atoms with Gasteiger partial charge in [-0.3, -0.25) is 14.4 Å². The van der Waals surface area contributed by atoms with Crippen molar-refractivity contribution in [3.05, 3.63) is 61.1 Å². The zero-order chi connectivity index (χ0) is 17.8. The monoisotopic (exact) mass is 336 g/mol. The molecule has 1 heterocycles. The highest BCUT2D eigenvalue weighted by atomic mass is 16.7. The summed E-state index contributed by atoms with van der Waals surface area (Å²) in [4.78, 5) is 32.8. The number of rotatable bonds is 9. The molecule has 0 atom stereocenters. The van der Waals surface area contributed by atoms with Crippen LogP contribution in [0.3, 0.4) is 0 Å². The molecule has 0 saturated carbocycles. The number of fused-ring (bicyclic) bond motifs is 1. The van der Waals surface area contributed by atoms with Crippen LogP contribution < -0.4 is 5.90 Å². The summed E-state index contributed by atoms with van der Waals surface area (Å²) in [5.41, 5.74) is 0.726. The van der Waals surface area contributed by atoms with Crippen molar-refractivity contribution in [3.63, 3.8) is 0 Å². The molecule has 1 aromatic carbocycles. The van der Waals surface area contributed by atoms with Crippen molar-refractivity contribution in [2.75, 3.05) is 26.4 Å². The van der Waals surface area contributed by atoms with Gasteiger partial charge in [0.15, 0.2) is 0 Å². The predicted octanol–water partition coefficient (Wildman–Crippen LogP) is 1.41. The molecule has 0 unspecified atom stereocenters. The molecule has 8 nitrogen and oxygen atoms in total. The Balaban J connectivity index is 0.000000351. The summed E-state index contributed by atoms with van der Waals surface area (Å²) in [6.07, 6.45) is 2.62. The Morgan fingerprint density at radius 2 is 1.42 bits per heavy atom. The van der Waals surface area contributed by atoms with E-state index in [1.807, 2.05) is 0 Å². The van der Waals surface area contributed by atoms with Crippen molar-refractivity contribution >= 4 is 11.8 Å². The first-order valence-corrected chi connectivity index (χ1v) is 7.04. The number of carbonyl (C=O) groups excluding carboxylic acids is 2. The first-order valence-electron chi connectivity index (χ1n) is 7.04. The highest BCUT2D eigenvalue weighted by Gasteiger charge is 2.36. The van der Waals surface area contributed by atoms with Crippen LogP contribution in [0.15, 0.2) is 49.9 Å². The third-order valence-corrected chi connectivity index (χ3v) is 2.73. The highest BCUT2D eigenvalue weighted by molar-refractivity contribution is 6.20. The van der Waals surface area contributed by atoms with Crippen molar-refractivity contribution in [1.29, 1.82) is 0 Å². The molecule has 0 fully saturated rings. The van der Waals surface area contributed by atoms with Gasteiger partial charge in [-0.1, -0.05) is 25.3 Å². The summed E-state index contributed by atoms with van der Waals surface area (Å²) >= 11 is 0. The van der Waals surface area contributed by atoms with Crippen molar-refractivity contribution < 1.29 is 28.7 Å². The van der Waals surface area contributed by atoms with Crippen LogP contribution in [0.1, 0.15) is 20.7 Å². The lowest BCUT2D eigenvalue weighted by molar-refractivity contribution is -0.100. The van der Waals surface area contributed by atoms with E-state index < -0.39 is 11.8 Å². The topological polar surface area (TPSA) is 100 Å². The maximum atomic E-state index is 11.8. The molecule has 1 aliphatic rings. The number of benzene rings is 1. The van der Waals surface area contributed by atoms with Gasteiger partial charge in [-0.05, 0) is 12.1 Å². The molecule has 130 valence electrons. The Hall–Kier alpha value is -2.68. The number of hydroxylamine groups is 2. The molecule has 2 amide bonds. The molecule has 1 aromatic rings. The zero-order valence-electron chi connectivity index (χ0n) is 13.2. The van der Waals surface area contributed by atoms with Gasteiger partial charge in [0.25, 0.3) is 11.8 Å². The van der Waals surface area contributed by atoms with Crippen LogP contribution in [-0.4, -0.2) is 43.3 Å². The predicted molar refractivity (Wildman–Crippen MR) is 85.3 cm³/mol. The van der Waals surface area contributed by atoms with Crippen molar-refractivity contribution in [1.82, 2.24) is 5.06 Å². The molecule has 2 rings (SSSR count). The number of hydrogen-bond donors (Lipinski definition) is 1. The number of hydrogen-bond acceptors (Lipinski definition) is 7. The lowest BCUT2D eigenvalue weighted by Gasteiger charge is -2.12. The fourth-order valence-electron chi connectivity index (χ4n) is 1.72. The van der Waals surface area contributed by atoms with E-state index in [2.05, 4.69) is 28.6 Å². The van der Waals surface area contributed by atoms with E-state index in [0.29, 0.717) is 24.3 Å². The van der Waals surface area contributed by atoms with Gasteiger partial charge in [-0.25, -0.2) is 5.90 Å². The maximum absolute atomic E-state index is 11.8. The summed E-state index contributed by atoms with van der Waals surface area (Å²) in [7, 11) is 0. The quantitative estimate of drug-likeness (QED) is 0.315. The Morgan fingerprint density at radius 3 is 1.88 bits per heavy atom. The summed E-state index contributed by atoms with van der Waals surface area (Å²) in [5, 5.41) is 0.761. The standard InChI is InChI=1S/C12H11NO4.C4H9NO2/c1-2-16-7-8-17-13-11(14)9-5-3-4-6-10(9)12(13)15;1-2-6-3-4-7-5/h2-6H,1,7-8H2;2H,1,3-5H2. The van der Waals surface area contributed by atoms with Crippen LogP contribution in [0.5, 0.6) is 0 Å². The number of carbonyl (C=O) groups is 2. The van der Waals surface area contributed by atoms with E-state index >= 15 is 0 Å². The summed E-state index contributed by atoms with van der Waals surface area (Å²) in [6, 6.07) is 6.60. The molecular formula is C16H20N2O6. The zero-order valence-corrected chi connectivity index (χ0v) is 13.2. The average Bonchev–Trinajstić information content (AvgIpc) is 2.85. The molecule has 0 aliphatic carbocycles. The molecule has 0 saturated heterocycles. The third-order valence-electron chi connectivity index (χ3n) is 2.73. The van der Waals surface area contributed by atoms with Gasteiger partial charge in [0.2, 0.25) is 0 Å². The van der Waals surface area contributed by atoms with Crippen molar-refractivity contribution in [2.24, 2.45) is 5.90 Å². The Morgan fingerprint density at radius 1 is 0.917 bits per heavy atom. The number of amides is 2. The van der Waals surface area contributed by atoms with Crippen LogP contribution >= 0.6 is 0 Å². The summed E-state index contributed by atoms with van der Waals surface area (Å²) < 4.78 is 9.46. The minimum absolute atomic E-state index is 0.109. The lowest BCUT2D eigenvalue weighted by Crippen LogP contribution is -2.31. The second-order valence-electron chi connectivity index (χ2n) is 4.23. The molecule has 0 spiro atoms. The first kappa shape index (κ1) is 19.4. The van der Waals surface area contributed by atoms with Crippen LogP contribution in [0.25, 0.3) is 0 Å². The van der Waals surface area contributed by atoms with Crippen LogP contribution in [0, 0.1) is 0 Å². The van der Waals surface area contributed by atoms with Gasteiger partial charge in [0.05, 0.1) is 23.7 Å². The second-order valence-corrected chi connectivity index (χ2v) is 4.23. The third kappa shape index (κ3) is 5.51. The molecule has 2 N–H and O–H groups in total. The first-order chi connectivity index (χ1) is 11.7. The Bertz CT molecular complexity index is 540. The van der Waals surface area contributed by atoms with Crippen LogP contribution in [-0.2, 0) is 19.1 Å². The van der Waals surface area contributed by atoms with E-state index in [9.17, 15) is 9.59 Å². The number of ether oxygens (including phenoxy) is 2. The van der Waals surface area contributed by atoms with E-state index in [-0.39, 0.29) is 13.2 Å². The maximum Gasteiger partial charge on any atom is 0.285 e. The average molecular weight is 336 g/mol. The van der Waals surface area contributed by atoms with Gasteiger partial charge >= 0.3 is 0 Å². The van der Waals surface area contributed by atoms with Crippen LogP contribution in [0.4, 0.5) is 0 Å². The molecule has 8 heteroatoms. The van der Waals surface area contributed by atoms with Gasteiger partial charge in [0, 0.05) is 0 Å². The van der Waals surface area contributed by atoms with Gasteiger partial charge in [-0.15, -0.1) is 5.06 Å². The van der Waals surface area contributed by atoms with E-state index in [0.717, 1.165) is 5.06 Å². The summed E-state index contributed by atoms with van der Waals surface area (Å²) in [5.74, 6) is 3.77. The minimum atomic E-state index is -0.441. The SMILES string of the molecule is C=COCCON.C=COCCON1C(=O)c2ccccc2C1=O. The number of imide groups is 1. The molecule has 0 bridgehead atoms. The molecule has 0 aromatic heterocycles. The second kappa shape index (κ2) is 10.9. The number of nitrogens with two attached hydrogens (primary N) is 1. The number of nitrogens with zero attached hydrogens (tertiary/aromatic N) is 1. The lowest BCUT2D eigenvalue weighted by atomic mass is 10.1. The molecule has 1 aliphatic heterocycles. The van der Waals surface area contributed by atoms with E-state index in [4.69, 9.17) is 9.57 Å². The molecular weight excluding hydrogens is 316 g/mol. The van der Waals surface area contributed by atoms with Gasteiger partial charge in [-0.2, -0.15) is 0 Å². The Labute approximate surface area is 139 Å². The highest BCUT2D eigenvalue weighted by Crippen LogP contribution is 2.22. The van der Waals surface area contributed by atoms with Gasteiger partial charge in [0.1, 0.15) is 26.4 Å². The Kier molecular flexibility index (Phi) is 8.84. The largest absolute Gasteiger partial charge is 0.499 e. The minimum Gasteiger partial charge on any atom is -0.499 e. The smallest absolute Gasteiger partial charge is 0.285 e. The van der Waals surface area contributed by atoms with Crippen molar-refractivity contribution in [3.8, 4) is 0 Å². The summed E-state index contributed by atoms with van der Waals surface area (Å²) in [6.45, 7) is 7.90. The molecule has 0 radical (unpaired) electrons. The fourth-order valence-corrected chi connectivity index (χ4v) is 1.72. The van der Waals surface area contributed by atoms with E-state index in [1.54, 1.807) is 24.3 Å². The fraction of sp³-hybridized carbons (Fsp3) is 0.250. The van der Waals surface area contributed by atoms with Crippen LogP contribution in [0.2, 0.25) is 0 Å². The normalized spacial score (nSPS) is 12.1. The van der Waals surface area contributed by atoms with Gasteiger partial charge < -0.3 is 14.3 Å². The molecule has 24 heavy (non-hydrogen) atoms.